The number of nitrogens with one attached hydrogen (secondary N) is 1. The smallest absolute Gasteiger partial charge is 0.346 e. The van der Waals surface area contributed by atoms with Gasteiger partial charge in [-0.3, -0.25) is 0 Å². The first-order valence-corrected chi connectivity index (χ1v) is 9.43. The van der Waals surface area contributed by atoms with E-state index in [1.165, 1.54) is 6.33 Å². The molecule has 1 aliphatic rings. The zero-order chi connectivity index (χ0) is 15.9. The molecular weight excluding hydrogens is 326 g/mol. The van der Waals surface area contributed by atoms with E-state index in [2.05, 4.69) is 15.3 Å². The number of sulfone groups is 1. The summed E-state index contributed by atoms with van der Waals surface area (Å²) < 4.78 is 23.0. The van der Waals surface area contributed by atoms with Crippen LogP contribution in [0.15, 0.2) is 6.33 Å². The van der Waals surface area contributed by atoms with Crippen LogP contribution in [-0.4, -0.2) is 47.5 Å². The lowest BCUT2D eigenvalue weighted by Crippen LogP contribution is -2.16. The first-order chi connectivity index (χ1) is 10.4. The maximum Gasteiger partial charge on any atom is 0.346 e. The molecule has 0 aromatic carbocycles. The highest BCUT2D eigenvalue weighted by Gasteiger charge is 2.28. The fourth-order valence-corrected chi connectivity index (χ4v) is 5.53. The van der Waals surface area contributed by atoms with Crippen molar-refractivity contribution in [3.63, 3.8) is 0 Å². The number of anilines is 1. The second-order valence-electron chi connectivity index (χ2n) is 5.41. The number of carboxylic acid groups (broad SMARTS) is 1. The number of aromatic nitrogens is 2. The van der Waals surface area contributed by atoms with Gasteiger partial charge in [0, 0.05) is 6.54 Å². The molecule has 0 spiro atoms. The Kier molecular flexibility index (Phi) is 3.77. The molecule has 22 heavy (non-hydrogen) atoms. The summed E-state index contributed by atoms with van der Waals surface area (Å²) in [7, 11) is -2.91. The zero-order valence-electron chi connectivity index (χ0n) is 11.9. The van der Waals surface area contributed by atoms with E-state index in [9.17, 15) is 18.3 Å². The van der Waals surface area contributed by atoms with Crippen molar-refractivity contribution in [1.82, 2.24) is 9.97 Å². The third kappa shape index (κ3) is 2.78. The molecule has 2 aromatic rings. The molecule has 3 heterocycles. The van der Waals surface area contributed by atoms with Crippen molar-refractivity contribution in [2.75, 3.05) is 23.4 Å². The molecule has 1 saturated heterocycles. The highest BCUT2D eigenvalue weighted by Crippen LogP contribution is 2.33. The van der Waals surface area contributed by atoms with Crippen molar-refractivity contribution in [3.8, 4) is 0 Å². The van der Waals surface area contributed by atoms with Crippen molar-refractivity contribution in [2.24, 2.45) is 5.92 Å². The highest BCUT2D eigenvalue weighted by molar-refractivity contribution is 7.91. The fourth-order valence-electron chi connectivity index (χ4n) is 2.68. The monoisotopic (exact) mass is 341 g/mol. The summed E-state index contributed by atoms with van der Waals surface area (Å²) in [5.74, 6) is 0.0768. The van der Waals surface area contributed by atoms with Gasteiger partial charge < -0.3 is 10.4 Å². The molecule has 2 aromatic heterocycles. The lowest BCUT2D eigenvalue weighted by Gasteiger charge is -2.11. The van der Waals surface area contributed by atoms with E-state index >= 15 is 0 Å². The van der Waals surface area contributed by atoms with Crippen LogP contribution < -0.4 is 5.32 Å². The lowest BCUT2D eigenvalue weighted by atomic mass is 10.1. The molecule has 0 aliphatic carbocycles. The average molecular weight is 341 g/mol. The Morgan fingerprint density at radius 3 is 2.91 bits per heavy atom. The Morgan fingerprint density at radius 1 is 1.50 bits per heavy atom. The van der Waals surface area contributed by atoms with E-state index in [0.717, 1.165) is 11.3 Å². The second kappa shape index (κ2) is 5.47. The Labute approximate surface area is 131 Å². The van der Waals surface area contributed by atoms with Gasteiger partial charge in [0.15, 0.2) is 9.84 Å². The fraction of sp³-hybridized carbons (Fsp3) is 0.462. The lowest BCUT2D eigenvalue weighted by molar-refractivity contribution is 0.0701. The van der Waals surface area contributed by atoms with E-state index in [1.54, 1.807) is 6.92 Å². The number of hydrogen-bond acceptors (Lipinski definition) is 7. The van der Waals surface area contributed by atoms with Crippen LogP contribution in [0.4, 0.5) is 5.82 Å². The van der Waals surface area contributed by atoms with E-state index in [0.29, 0.717) is 34.6 Å². The van der Waals surface area contributed by atoms with Gasteiger partial charge in [-0.1, -0.05) is 0 Å². The molecule has 0 amide bonds. The van der Waals surface area contributed by atoms with Gasteiger partial charge in [0.1, 0.15) is 21.9 Å². The van der Waals surface area contributed by atoms with Gasteiger partial charge in [-0.05, 0) is 24.8 Å². The normalized spacial score (nSPS) is 20.3. The van der Waals surface area contributed by atoms with Crippen molar-refractivity contribution in [1.29, 1.82) is 0 Å². The summed E-state index contributed by atoms with van der Waals surface area (Å²) in [6, 6.07) is 0. The third-order valence-electron chi connectivity index (χ3n) is 3.81. The maximum absolute atomic E-state index is 11.5. The summed E-state index contributed by atoms with van der Waals surface area (Å²) in [6.45, 7) is 2.24. The number of carboxylic acids is 1. The van der Waals surface area contributed by atoms with Crippen LogP contribution in [0.5, 0.6) is 0 Å². The van der Waals surface area contributed by atoms with E-state index in [1.807, 2.05) is 0 Å². The first kappa shape index (κ1) is 15.2. The number of carbonyl (C=O) groups is 1. The Balaban J connectivity index is 1.86. The average Bonchev–Trinajstić information content (AvgIpc) is 2.97. The van der Waals surface area contributed by atoms with Crippen LogP contribution in [0.25, 0.3) is 10.2 Å². The predicted molar refractivity (Wildman–Crippen MR) is 84.4 cm³/mol. The standard InChI is InChI=1S/C13H15N3O4S2/c1-7-9-11(14-4-8-2-3-22(19,20)5-8)15-6-16-12(9)21-10(7)13(17)18/h6,8H,2-5H2,1H3,(H,17,18)(H,14,15,16)/t8-/m1/s1. The zero-order valence-corrected chi connectivity index (χ0v) is 13.5. The van der Waals surface area contributed by atoms with Crippen molar-refractivity contribution in [3.05, 3.63) is 16.8 Å². The Bertz CT molecular complexity index is 844. The minimum absolute atomic E-state index is 0.0629. The van der Waals surface area contributed by atoms with Gasteiger partial charge >= 0.3 is 5.97 Å². The molecule has 0 unspecified atom stereocenters. The van der Waals surface area contributed by atoms with Gasteiger partial charge in [-0.15, -0.1) is 11.3 Å². The molecule has 7 nitrogen and oxygen atoms in total. The highest BCUT2D eigenvalue weighted by atomic mass is 32.2. The topological polar surface area (TPSA) is 109 Å². The summed E-state index contributed by atoms with van der Waals surface area (Å²) >= 11 is 1.12. The van der Waals surface area contributed by atoms with Crippen LogP contribution in [0.3, 0.4) is 0 Å². The van der Waals surface area contributed by atoms with Crippen LogP contribution in [0, 0.1) is 12.8 Å². The van der Waals surface area contributed by atoms with Crippen molar-refractivity contribution in [2.45, 2.75) is 13.3 Å². The van der Waals surface area contributed by atoms with Crippen molar-refractivity contribution >= 4 is 43.2 Å². The minimum Gasteiger partial charge on any atom is -0.477 e. The Hall–Kier alpha value is -1.74. The summed E-state index contributed by atoms with van der Waals surface area (Å²) in [5.41, 5.74) is 0.634. The third-order valence-corrected chi connectivity index (χ3v) is 6.83. The number of aryl methyl sites for hydroxylation is 1. The van der Waals surface area contributed by atoms with Gasteiger partial charge in [0.05, 0.1) is 16.9 Å². The molecule has 0 bridgehead atoms. The number of hydrogen-bond donors (Lipinski definition) is 2. The maximum atomic E-state index is 11.5. The SMILES string of the molecule is Cc1c(C(=O)O)sc2ncnc(NC[C@H]3CCS(=O)(=O)C3)c12. The number of aromatic carboxylic acids is 1. The molecule has 1 atom stereocenters. The Morgan fingerprint density at radius 2 is 2.27 bits per heavy atom. The number of thiophene rings is 1. The summed E-state index contributed by atoms with van der Waals surface area (Å²) in [6.07, 6.45) is 2.03. The van der Waals surface area contributed by atoms with E-state index in [4.69, 9.17) is 0 Å². The molecule has 3 rings (SSSR count). The molecule has 0 saturated carbocycles. The summed E-state index contributed by atoms with van der Waals surface area (Å²) in [5, 5.41) is 13.1. The van der Waals surface area contributed by atoms with Crippen molar-refractivity contribution < 1.29 is 18.3 Å². The quantitative estimate of drug-likeness (QED) is 0.868. The van der Waals surface area contributed by atoms with Gasteiger partial charge in [0.25, 0.3) is 0 Å². The van der Waals surface area contributed by atoms with Gasteiger partial charge in [0.2, 0.25) is 0 Å². The molecule has 118 valence electrons. The largest absolute Gasteiger partial charge is 0.477 e. The van der Waals surface area contributed by atoms with Gasteiger partial charge in [-0.25, -0.2) is 23.2 Å². The van der Waals surface area contributed by atoms with Crippen LogP contribution in [0.1, 0.15) is 21.7 Å². The molecular formula is C13H15N3O4S2. The number of nitrogens with zero attached hydrogens (tertiary/aromatic N) is 2. The number of fused-ring (bicyclic) bond motifs is 1. The predicted octanol–water partition coefficient (Wildman–Crippen LogP) is 1.54. The summed E-state index contributed by atoms with van der Waals surface area (Å²) in [4.78, 5) is 20.4. The molecule has 2 N–H and O–H groups in total. The second-order valence-corrected chi connectivity index (χ2v) is 8.64. The first-order valence-electron chi connectivity index (χ1n) is 6.79. The van der Waals surface area contributed by atoms with Gasteiger partial charge in [-0.2, -0.15) is 0 Å². The van der Waals surface area contributed by atoms with Crippen LogP contribution in [-0.2, 0) is 9.84 Å². The molecule has 0 radical (unpaired) electrons. The number of rotatable bonds is 4. The minimum atomic E-state index is -2.91. The van der Waals surface area contributed by atoms with E-state index < -0.39 is 15.8 Å². The van der Waals surface area contributed by atoms with E-state index in [-0.39, 0.29) is 22.3 Å². The van der Waals surface area contributed by atoms with Crippen LogP contribution >= 0.6 is 11.3 Å². The molecule has 1 aliphatic heterocycles. The molecule has 1 fully saturated rings. The van der Waals surface area contributed by atoms with Crippen LogP contribution in [0.2, 0.25) is 0 Å². The molecule has 9 heteroatoms.